The molecule has 11 aromatic rings. The van der Waals surface area contributed by atoms with Gasteiger partial charge in [0.15, 0.2) is 0 Å². The van der Waals surface area contributed by atoms with E-state index in [1.54, 1.807) is 0 Å². The lowest BCUT2D eigenvalue weighted by Gasteiger charge is -2.15. The SMILES string of the molecule is c1ccc(-c2ccc(-c3cc(-c4ccccc4)cc(-n4c5ccccc5c5ccc(-c6ccc7c8ccccc8n(-c8ccccc8)c7c6)cc54)c3)cc2)cc1. The zero-order valence-corrected chi connectivity index (χ0v) is 30.7. The molecule has 0 N–H and O–H groups in total. The van der Waals surface area contributed by atoms with Crippen molar-refractivity contribution in [1.29, 1.82) is 0 Å². The fourth-order valence-electron chi connectivity index (χ4n) is 8.62. The van der Waals surface area contributed by atoms with E-state index in [1.165, 1.54) is 88.1 Å². The number of nitrogens with zero attached hydrogens (tertiary/aromatic N) is 2. The van der Waals surface area contributed by atoms with Crippen LogP contribution in [-0.2, 0) is 0 Å². The van der Waals surface area contributed by atoms with Crippen LogP contribution in [0.5, 0.6) is 0 Å². The first-order chi connectivity index (χ1) is 27.8. The highest BCUT2D eigenvalue weighted by molar-refractivity contribution is 6.12. The summed E-state index contributed by atoms with van der Waals surface area (Å²) in [6, 6.07) is 79.5. The van der Waals surface area contributed by atoms with Crippen LogP contribution in [0.25, 0.3) is 99.5 Å². The Bertz CT molecular complexity index is 3210. The van der Waals surface area contributed by atoms with Gasteiger partial charge in [-0.2, -0.15) is 0 Å². The molecular formula is C54H36N2. The maximum absolute atomic E-state index is 2.46. The highest BCUT2D eigenvalue weighted by Gasteiger charge is 2.17. The lowest BCUT2D eigenvalue weighted by atomic mass is 9.96. The third-order valence-electron chi connectivity index (χ3n) is 11.3. The van der Waals surface area contributed by atoms with E-state index in [4.69, 9.17) is 0 Å². The minimum atomic E-state index is 1.14. The average molecular weight is 713 g/mol. The van der Waals surface area contributed by atoms with Gasteiger partial charge in [-0.3, -0.25) is 0 Å². The van der Waals surface area contributed by atoms with Crippen molar-refractivity contribution in [2.45, 2.75) is 0 Å². The van der Waals surface area contributed by atoms with Crippen molar-refractivity contribution >= 4 is 43.6 Å². The predicted molar refractivity (Wildman–Crippen MR) is 237 cm³/mol. The molecule has 0 bridgehead atoms. The summed E-state index contributed by atoms with van der Waals surface area (Å²) >= 11 is 0. The summed E-state index contributed by atoms with van der Waals surface area (Å²) in [7, 11) is 0. The van der Waals surface area contributed by atoms with Crippen LogP contribution in [0.15, 0.2) is 218 Å². The Labute approximate surface area is 325 Å². The first-order valence-corrected chi connectivity index (χ1v) is 19.3. The highest BCUT2D eigenvalue weighted by atomic mass is 15.0. The Balaban J connectivity index is 1.11. The Morgan fingerprint density at radius 1 is 0.196 bits per heavy atom. The van der Waals surface area contributed by atoms with Crippen LogP contribution in [0.2, 0.25) is 0 Å². The molecule has 0 saturated heterocycles. The molecule has 0 aliphatic rings. The van der Waals surface area contributed by atoms with Gasteiger partial charge in [0.25, 0.3) is 0 Å². The largest absolute Gasteiger partial charge is 0.309 e. The second-order valence-electron chi connectivity index (χ2n) is 14.6. The second-order valence-corrected chi connectivity index (χ2v) is 14.6. The van der Waals surface area contributed by atoms with Crippen LogP contribution < -0.4 is 0 Å². The Kier molecular flexibility index (Phi) is 7.53. The molecule has 56 heavy (non-hydrogen) atoms. The maximum atomic E-state index is 2.46. The van der Waals surface area contributed by atoms with E-state index in [0.29, 0.717) is 0 Å². The number of rotatable bonds is 6. The van der Waals surface area contributed by atoms with Gasteiger partial charge in [0.2, 0.25) is 0 Å². The van der Waals surface area contributed by atoms with Crippen LogP contribution in [-0.4, -0.2) is 9.13 Å². The molecule has 0 atom stereocenters. The van der Waals surface area contributed by atoms with Crippen LogP contribution in [0.1, 0.15) is 0 Å². The first-order valence-electron chi connectivity index (χ1n) is 19.3. The summed E-state index contributed by atoms with van der Waals surface area (Å²) < 4.78 is 4.86. The van der Waals surface area contributed by atoms with E-state index in [9.17, 15) is 0 Å². The summed E-state index contributed by atoms with van der Waals surface area (Å²) in [5.41, 5.74) is 16.6. The van der Waals surface area contributed by atoms with Gasteiger partial charge < -0.3 is 9.13 Å². The van der Waals surface area contributed by atoms with Crippen molar-refractivity contribution in [3.8, 4) is 55.9 Å². The number of fused-ring (bicyclic) bond motifs is 6. The van der Waals surface area contributed by atoms with Crippen molar-refractivity contribution in [1.82, 2.24) is 9.13 Å². The smallest absolute Gasteiger partial charge is 0.0547 e. The lowest BCUT2D eigenvalue weighted by Crippen LogP contribution is -1.96. The standard InChI is InChI=1S/C54H36N2/c1-4-14-37(15-5-1)39-24-26-40(27-25-39)44-32-43(38-16-6-2-7-17-38)33-46(34-44)56-52-23-13-11-21-48(52)50-31-29-42(36-54(50)56)41-28-30-49-47-20-10-12-22-51(47)55(53(49)35-41)45-18-8-3-9-19-45/h1-36H. The van der Waals surface area contributed by atoms with Crippen LogP contribution in [0, 0.1) is 0 Å². The second kappa shape index (κ2) is 13.2. The third kappa shape index (κ3) is 5.34. The molecule has 0 radical (unpaired) electrons. The summed E-state index contributed by atoms with van der Waals surface area (Å²) in [6.45, 7) is 0. The molecule has 11 rings (SSSR count). The van der Waals surface area contributed by atoms with E-state index in [2.05, 4.69) is 228 Å². The molecule has 9 aromatic carbocycles. The van der Waals surface area contributed by atoms with Gasteiger partial charge >= 0.3 is 0 Å². The van der Waals surface area contributed by atoms with Gasteiger partial charge in [0.1, 0.15) is 0 Å². The molecule has 0 spiro atoms. The molecule has 0 aliphatic carbocycles. The van der Waals surface area contributed by atoms with E-state index in [1.807, 2.05) is 0 Å². The molecule has 0 saturated carbocycles. The fraction of sp³-hybridized carbons (Fsp3) is 0. The Morgan fingerprint density at radius 3 is 1.07 bits per heavy atom. The van der Waals surface area contributed by atoms with E-state index in [0.717, 1.165) is 11.4 Å². The van der Waals surface area contributed by atoms with Gasteiger partial charge in [0.05, 0.1) is 22.1 Å². The number of aromatic nitrogens is 2. The van der Waals surface area contributed by atoms with Crippen LogP contribution in [0.4, 0.5) is 0 Å². The van der Waals surface area contributed by atoms with Crippen LogP contribution in [0.3, 0.4) is 0 Å². The summed E-state index contributed by atoms with van der Waals surface area (Å²) in [4.78, 5) is 0. The summed E-state index contributed by atoms with van der Waals surface area (Å²) in [5.74, 6) is 0. The van der Waals surface area contributed by atoms with Gasteiger partial charge in [-0.25, -0.2) is 0 Å². The van der Waals surface area contributed by atoms with Gasteiger partial charge in [-0.15, -0.1) is 0 Å². The number of hydrogen-bond donors (Lipinski definition) is 0. The Morgan fingerprint density at radius 2 is 0.554 bits per heavy atom. The molecule has 262 valence electrons. The molecular weight excluding hydrogens is 677 g/mol. The molecule has 0 fully saturated rings. The van der Waals surface area contributed by atoms with Crippen LogP contribution >= 0.6 is 0 Å². The average Bonchev–Trinajstić information content (AvgIpc) is 3.79. The molecule has 0 aliphatic heterocycles. The highest BCUT2D eigenvalue weighted by Crippen LogP contribution is 2.40. The van der Waals surface area contributed by atoms with Crippen molar-refractivity contribution in [2.75, 3.05) is 0 Å². The van der Waals surface area contributed by atoms with Crippen molar-refractivity contribution < 1.29 is 0 Å². The molecule has 2 heterocycles. The van der Waals surface area contributed by atoms with Gasteiger partial charge in [-0.1, -0.05) is 164 Å². The van der Waals surface area contributed by atoms with Gasteiger partial charge in [-0.05, 0) is 99.1 Å². The monoisotopic (exact) mass is 712 g/mol. The number of hydrogen-bond acceptors (Lipinski definition) is 0. The number of para-hydroxylation sites is 3. The predicted octanol–water partition coefficient (Wildman–Crippen LogP) is 14.5. The minimum absolute atomic E-state index is 1.14. The maximum Gasteiger partial charge on any atom is 0.0547 e. The van der Waals surface area contributed by atoms with E-state index < -0.39 is 0 Å². The first kappa shape index (κ1) is 32.0. The third-order valence-corrected chi connectivity index (χ3v) is 11.3. The summed E-state index contributed by atoms with van der Waals surface area (Å²) in [6.07, 6.45) is 0. The fourth-order valence-corrected chi connectivity index (χ4v) is 8.62. The van der Waals surface area contributed by atoms with Crippen molar-refractivity contribution in [2.24, 2.45) is 0 Å². The summed E-state index contributed by atoms with van der Waals surface area (Å²) in [5, 5.41) is 5.00. The quantitative estimate of drug-likeness (QED) is 0.162. The minimum Gasteiger partial charge on any atom is -0.309 e. The zero-order chi connectivity index (χ0) is 37.0. The normalized spacial score (nSPS) is 11.6. The molecule has 2 nitrogen and oxygen atoms in total. The van der Waals surface area contributed by atoms with E-state index >= 15 is 0 Å². The topological polar surface area (TPSA) is 9.86 Å². The van der Waals surface area contributed by atoms with Crippen molar-refractivity contribution in [3.63, 3.8) is 0 Å². The zero-order valence-electron chi connectivity index (χ0n) is 30.7. The molecule has 2 aromatic heterocycles. The molecule has 0 unspecified atom stereocenters. The van der Waals surface area contributed by atoms with E-state index in [-0.39, 0.29) is 0 Å². The number of benzene rings is 9. The van der Waals surface area contributed by atoms with Crippen molar-refractivity contribution in [3.05, 3.63) is 218 Å². The molecule has 2 heteroatoms. The molecule has 0 amide bonds. The lowest BCUT2D eigenvalue weighted by molar-refractivity contribution is 1.18. The van der Waals surface area contributed by atoms with Gasteiger partial charge in [0, 0.05) is 32.9 Å². The Hall–Kier alpha value is -7.42.